The minimum Gasteiger partial charge on any atom is -0.497 e. The maximum atomic E-state index is 13.5. The molecule has 0 spiro atoms. The van der Waals surface area contributed by atoms with Gasteiger partial charge in [-0.3, -0.25) is 9.78 Å². The Balaban J connectivity index is 1.26. The molecule has 0 fully saturated rings. The Kier molecular flexibility index (Phi) is 5.98. The normalized spacial score (nSPS) is 18.4. The number of fused-ring (bicyclic) bond motifs is 3. The van der Waals surface area contributed by atoms with Crippen LogP contribution < -0.4 is 4.74 Å². The van der Waals surface area contributed by atoms with Crippen molar-refractivity contribution in [3.05, 3.63) is 89.7 Å². The van der Waals surface area contributed by atoms with Crippen molar-refractivity contribution >= 4 is 23.4 Å². The lowest BCUT2D eigenvalue weighted by Crippen LogP contribution is -2.33. The van der Waals surface area contributed by atoms with Crippen molar-refractivity contribution in [1.29, 1.82) is 0 Å². The summed E-state index contributed by atoms with van der Waals surface area (Å²) in [6.07, 6.45) is 5.23. The molecule has 2 aliphatic rings. The van der Waals surface area contributed by atoms with Gasteiger partial charge in [-0.05, 0) is 48.2 Å². The van der Waals surface area contributed by atoms with E-state index in [1.807, 2.05) is 30.3 Å². The topological polar surface area (TPSA) is 93.7 Å². The van der Waals surface area contributed by atoms with Crippen LogP contribution >= 0.6 is 11.8 Å². The number of pyridine rings is 1. The molecule has 4 aromatic rings. The van der Waals surface area contributed by atoms with Crippen LogP contribution in [0.1, 0.15) is 29.2 Å². The monoisotopic (exact) mass is 497 g/mol. The molecule has 180 valence electrons. The SMILES string of the molecule is COc1ccc([C@H]2[C@H]3CCc4ccccc4C3=NN2C(=O)CSc2nnc(-c3ccncc3)o2)cc1. The number of nitrogens with zero attached hydrogens (tertiary/aromatic N) is 5. The summed E-state index contributed by atoms with van der Waals surface area (Å²) >= 11 is 1.22. The fraction of sp³-hybridized carbons (Fsp3) is 0.222. The van der Waals surface area contributed by atoms with E-state index < -0.39 is 0 Å². The molecule has 0 unspecified atom stereocenters. The molecule has 8 nitrogen and oxygen atoms in total. The zero-order valence-corrected chi connectivity index (χ0v) is 20.4. The van der Waals surface area contributed by atoms with Gasteiger partial charge in [-0.25, -0.2) is 5.01 Å². The van der Waals surface area contributed by atoms with Gasteiger partial charge in [-0.2, -0.15) is 5.10 Å². The van der Waals surface area contributed by atoms with Crippen LogP contribution in [0, 0.1) is 5.92 Å². The number of methoxy groups -OCH3 is 1. The maximum Gasteiger partial charge on any atom is 0.277 e. The van der Waals surface area contributed by atoms with Gasteiger partial charge in [-0.15, -0.1) is 10.2 Å². The summed E-state index contributed by atoms with van der Waals surface area (Å²) in [6.45, 7) is 0. The number of aryl methyl sites for hydroxylation is 1. The first-order valence-electron chi connectivity index (χ1n) is 11.7. The van der Waals surface area contributed by atoms with Crippen LogP contribution in [-0.4, -0.2) is 44.7 Å². The van der Waals surface area contributed by atoms with Gasteiger partial charge in [-0.1, -0.05) is 48.2 Å². The number of benzene rings is 2. The molecular weight excluding hydrogens is 474 g/mol. The van der Waals surface area contributed by atoms with Crippen molar-refractivity contribution in [3.63, 3.8) is 0 Å². The number of ether oxygens (including phenoxy) is 1. The Morgan fingerprint density at radius 3 is 2.69 bits per heavy atom. The number of hydrazone groups is 1. The van der Waals surface area contributed by atoms with Gasteiger partial charge >= 0.3 is 0 Å². The molecule has 2 atom stereocenters. The molecule has 0 N–H and O–H groups in total. The molecule has 1 amide bonds. The Morgan fingerprint density at radius 1 is 1.08 bits per heavy atom. The first-order chi connectivity index (χ1) is 17.7. The predicted molar refractivity (Wildman–Crippen MR) is 136 cm³/mol. The molecule has 1 aliphatic heterocycles. The van der Waals surface area contributed by atoms with E-state index in [2.05, 4.69) is 33.4 Å². The number of carbonyl (C=O) groups excluding carboxylic acids is 1. The van der Waals surface area contributed by atoms with Gasteiger partial charge in [0.2, 0.25) is 5.89 Å². The van der Waals surface area contributed by atoms with Crippen LogP contribution in [0.5, 0.6) is 5.75 Å². The van der Waals surface area contributed by atoms with E-state index in [1.54, 1.807) is 36.6 Å². The summed E-state index contributed by atoms with van der Waals surface area (Å²) in [5, 5.41) is 15.1. The summed E-state index contributed by atoms with van der Waals surface area (Å²) in [6, 6.07) is 19.7. The zero-order valence-electron chi connectivity index (χ0n) is 19.6. The molecule has 6 rings (SSSR count). The Hall–Kier alpha value is -3.98. The van der Waals surface area contributed by atoms with Crippen LogP contribution in [0.3, 0.4) is 0 Å². The van der Waals surface area contributed by atoms with Crippen molar-refractivity contribution in [1.82, 2.24) is 20.2 Å². The van der Waals surface area contributed by atoms with Crippen molar-refractivity contribution in [3.8, 4) is 17.2 Å². The van der Waals surface area contributed by atoms with Crippen LogP contribution in [0.2, 0.25) is 0 Å². The van der Waals surface area contributed by atoms with Crippen molar-refractivity contribution in [2.24, 2.45) is 11.0 Å². The molecule has 0 radical (unpaired) electrons. The number of hydrogen-bond acceptors (Lipinski definition) is 8. The second-order valence-corrected chi connectivity index (χ2v) is 9.57. The van der Waals surface area contributed by atoms with Gasteiger partial charge in [0.05, 0.1) is 24.6 Å². The first kappa shape index (κ1) is 22.5. The smallest absolute Gasteiger partial charge is 0.277 e. The Labute approximate surface area is 212 Å². The first-order valence-corrected chi connectivity index (χ1v) is 12.7. The molecule has 0 bridgehead atoms. The predicted octanol–water partition coefficient (Wildman–Crippen LogP) is 4.78. The second-order valence-electron chi connectivity index (χ2n) is 8.64. The summed E-state index contributed by atoms with van der Waals surface area (Å²) in [7, 11) is 1.65. The van der Waals surface area contributed by atoms with E-state index in [0.717, 1.165) is 41.0 Å². The summed E-state index contributed by atoms with van der Waals surface area (Å²) in [4.78, 5) is 17.5. The number of thioether (sulfide) groups is 1. The number of hydrogen-bond donors (Lipinski definition) is 0. The number of amides is 1. The Bertz CT molecular complexity index is 1420. The minimum absolute atomic E-state index is 0.108. The molecule has 0 saturated heterocycles. The van der Waals surface area contributed by atoms with Crippen LogP contribution in [0.15, 0.2) is 87.8 Å². The van der Waals surface area contributed by atoms with Crippen molar-refractivity contribution < 1.29 is 13.9 Å². The summed E-state index contributed by atoms with van der Waals surface area (Å²) in [5.41, 5.74) is 5.21. The fourth-order valence-electron chi connectivity index (χ4n) is 4.87. The molecule has 2 aromatic carbocycles. The van der Waals surface area contributed by atoms with E-state index in [4.69, 9.17) is 14.3 Å². The molecular formula is C27H23N5O3S. The molecule has 36 heavy (non-hydrogen) atoms. The largest absolute Gasteiger partial charge is 0.497 e. The average Bonchev–Trinajstić information content (AvgIpc) is 3.58. The van der Waals surface area contributed by atoms with Crippen LogP contribution in [-0.2, 0) is 11.2 Å². The van der Waals surface area contributed by atoms with E-state index in [9.17, 15) is 4.79 Å². The number of carbonyl (C=O) groups is 1. The lowest BCUT2D eigenvalue weighted by molar-refractivity contribution is -0.130. The third-order valence-corrected chi connectivity index (χ3v) is 7.40. The number of aromatic nitrogens is 3. The highest BCUT2D eigenvalue weighted by molar-refractivity contribution is 7.99. The van der Waals surface area contributed by atoms with Gasteiger partial charge in [0.25, 0.3) is 11.1 Å². The fourth-order valence-corrected chi connectivity index (χ4v) is 5.49. The van der Waals surface area contributed by atoms with Gasteiger partial charge < -0.3 is 9.15 Å². The van der Waals surface area contributed by atoms with Crippen LogP contribution in [0.25, 0.3) is 11.5 Å². The van der Waals surface area contributed by atoms with Crippen molar-refractivity contribution in [2.75, 3.05) is 12.9 Å². The van der Waals surface area contributed by atoms with E-state index in [0.29, 0.717) is 11.1 Å². The summed E-state index contributed by atoms with van der Waals surface area (Å²) in [5.74, 6) is 1.33. The van der Waals surface area contributed by atoms with Crippen molar-refractivity contribution in [2.45, 2.75) is 24.1 Å². The lowest BCUT2D eigenvalue weighted by atomic mass is 9.77. The molecule has 9 heteroatoms. The zero-order chi connectivity index (χ0) is 24.5. The van der Waals surface area contributed by atoms with Gasteiger partial charge in [0.1, 0.15) is 5.75 Å². The van der Waals surface area contributed by atoms with E-state index in [1.165, 1.54) is 17.3 Å². The highest BCUT2D eigenvalue weighted by Crippen LogP contribution is 2.44. The third kappa shape index (κ3) is 4.15. The highest BCUT2D eigenvalue weighted by atomic mass is 32.2. The standard InChI is InChI=1S/C27H23N5O3S/c1-34-20-9-6-18(7-10-20)25-22-11-8-17-4-2-3-5-21(17)24(22)31-32(25)23(33)16-36-27-30-29-26(35-27)19-12-14-28-15-13-19/h2-7,9-10,12-15,22,25H,8,11,16H2,1H3/t22-,25-/m0/s1. The Morgan fingerprint density at radius 2 is 1.89 bits per heavy atom. The minimum atomic E-state index is -0.178. The average molecular weight is 498 g/mol. The third-order valence-electron chi connectivity index (χ3n) is 6.60. The van der Waals surface area contributed by atoms with Gasteiger partial charge in [0.15, 0.2) is 0 Å². The second kappa shape index (κ2) is 9.58. The van der Waals surface area contributed by atoms with Crippen LogP contribution in [0.4, 0.5) is 0 Å². The maximum absolute atomic E-state index is 13.5. The van der Waals surface area contributed by atoms with E-state index in [-0.39, 0.29) is 23.6 Å². The quantitative estimate of drug-likeness (QED) is 0.354. The molecule has 2 aromatic heterocycles. The van der Waals surface area contributed by atoms with E-state index >= 15 is 0 Å². The molecule has 1 aliphatic carbocycles. The van der Waals surface area contributed by atoms with Gasteiger partial charge in [0, 0.05) is 29.4 Å². The lowest BCUT2D eigenvalue weighted by Gasteiger charge is -2.29. The summed E-state index contributed by atoms with van der Waals surface area (Å²) < 4.78 is 11.1. The highest BCUT2D eigenvalue weighted by Gasteiger charge is 2.43. The molecule has 3 heterocycles. The molecule has 0 saturated carbocycles. The number of rotatable bonds is 6.